The lowest BCUT2D eigenvalue weighted by molar-refractivity contribution is 0.303. The molecule has 15 heavy (non-hydrogen) atoms. The number of hydrogen-bond donors (Lipinski definition) is 2. The molecule has 88 valence electrons. The number of rotatable bonds is 4. The van der Waals surface area contributed by atoms with Gasteiger partial charge in [-0.25, -0.2) is 8.42 Å². The van der Waals surface area contributed by atoms with E-state index in [1.807, 2.05) is 6.92 Å². The molecule has 1 aliphatic rings. The fourth-order valence-corrected chi connectivity index (χ4v) is 3.69. The van der Waals surface area contributed by atoms with E-state index in [1.165, 1.54) is 4.31 Å². The molecule has 0 aromatic heterocycles. The summed E-state index contributed by atoms with van der Waals surface area (Å²) in [5.74, 6) is 0.117. The van der Waals surface area contributed by atoms with Crippen LogP contribution in [0.15, 0.2) is 0 Å². The predicted molar refractivity (Wildman–Crippen MR) is 60.3 cm³/mol. The molecule has 0 saturated carbocycles. The van der Waals surface area contributed by atoms with Gasteiger partial charge in [-0.15, -0.1) is 0 Å². The van der Waals surface area contributed by atoms with Gasteiger partial charge in [0.05, 0.1) is 11.8 Å². The van der Waals surface area contributed by atoms with Gasteiger partial charge in [0.25, 0.3) is 0 Å². The van der Waals surface area contributed by atoms with Crippen LogP contribution < -0.4 is 5.73 Å². The van der Waals surface area contributed by atoms with E-state index in [0.717, 1.165) is 12.8 Å². The molecule has 1 heterocycles. The first-order chi connectivity index (χ1) is 6.99. The highest BCUT2D eigenvalue weighted by Gasteiger charge is 2.33. The molecule has 3 N–H and O–H groups in total. The second-order valence-electron chi connectivity index (χ2n) is 3.89. The highest BCUT2D eigenvalue weighted by molar-refractivity contribution is 7.89. The highest BCUT2D eigenvalue weighted by Crippen LogP contribution is 2.20. The van der Waals surface area contributed by atoms with Crippen LogP contribution >= 0.6 is 0 Å². The van der Waals surface area contributed by atoms with E-state index < -0.39 is 16.1 Å². The van der Waals surface area contributed by atoms with Gasteiger partial charge in [0.1, 0.15) is 5.84 Å². The van der Waals surface area contributed by atoms with E-state index in [0.29, 0.717) is 19.4 Å². The monoisotopic (exact) mass is 233 g/mol. The van der Waals surface area contributed by atoms with E-state index in [-0.39, 0.29) is 11.6 Å². The summed E-state index contributed by atoms with van der Waals surface area (Å²) in [6, 6.07) is -0.407. The summed E-state index contributed by atoms with van der Waals surface area (Å²) < 4.78 is 25.2. The molecule has 1 aliphatic heterocycles. The van der Waals surface area contributed by atoms with Crippen molar-refractivity contribution in [2.24, 2.45) is 5.73 Å². The maximum atomic E-state index is 11.9. The van der Waals surface area contributed by atoms with Crippen molar-refractivity contribution in [1.82, 2.24) is 4.31 Å². The minimum absolute atomic E-state index is 0.0330. The largest absolute Gasteiger partial charge is 0.386 e. The minimum atomic E-state index is -3.22. The van der Waals surface area contributed by atoms with Crippen molar-refractivity contribution in [3.8, 4) is 0 Å². The standard InChI is InChI=1S/C9H19N3O2S/c1-2-7-15(13,14)12-6-4-3-5-8(12)9(10)11/h8H,2-7H2,1H3,(H3,10,11). The molecule has 1 atom stereocenters. The number of nitrogens with one attached hydrogen (secondary N) is 1. The Labute approximate surface area is 91.2 Å². The molecule has 0 aliphatic carbocycles. The van der Waals surface area contributed by atoms with Gasteiger partial charge in [-0.05, 0) is 19.3 Å². The fraction of sp³-hybridized carbons (Fsp3) is 0.889. The number of sulfonamides is 1. The first-order valence-corrected chi connectivity index (χ1v) is 6.93. The molecular weight excluding hydrogens is 214 g/mol. The zero-order chi connectivity index (χ0) is 11.5. The lowest BCUT2D eigenvalue weighted by Crippen LogP contribution is -2.50. The van der Waals surface area contributed by atoms with Crippen LogP contribution in [0.3, 0.4) is 0 Å². The Bertz CT molecular complexity index is 326. The Morgan fingerprint density at radius 2 is 2.20 bits per heavy atom. The van der Waals surface area contributed by atoms with Crippen molar-refractivity contribution in [1.29, 1.82) is 5.41 Å². The third-order valence-corrected chi connectivity index (χ3v) is 4.71. The van der Waals surface area contributed by atoms with Gasteiger partial charge in [-0.2, -0.15) is 4.31 Å². The van der Waals surface area contributed by atoms with Crippen LogP contribution in [0.2, 0.25) is 0 Å². The molecule has 1 fully saturated rings. The van der Waals surface area contributed by atoms with Crippen molar-refractivity contribution in [2.75, 3.05) is 12.3 Å². The van der Waals surface area contributed by atoms with Gasteiger partial charge in [0, 0.05) is 6.54 Å². The van der Waals surface area contributed by atoms with Crippen molar-refractivity contribution in [3.05, 3.63) is 0 Å². The maximum Gasteiger partial charge on any atom is 0.214 e. The summed E-state index contributed by atoms with van der Waals surface area (Å²) in [5.41, 5.74) is 5.43. The molecule has 0 radical (unpaired) electrons. The van der Waals surface area contributed by atoms with E-state index in [2.05, 4.69) is 0 Å². The van der Waals surface area contributed by atoms with Gasteiger partial charge in [0.2, 0.25) is 10.0 Å². The zero-order valence-corrected chi connectivity index (χ0v) is 9.89. The fourth-order valence-electron chi connectivity index (χ4n) is 1.92. The first-order valence-electron chi connectivity index (χ1n) is 5.32. The van der Waals surface area contributed by atoms with Crippen molar-refractivity contribution in [2.45, 2.75) is 38.6 Å². The van der Waals surface area contributed by atoms with Gasteiger partial charge < -0.3 is 5.73 Å². The van der Waals surface area contributed by atoms with Crippen LogP contribution in [-0.2, 0) is 10.0 Å². The quantitative estimate of drug-likeness (QED) is 0.548. The van der Waals surface area contributed by atoms with Gasteiger partial charge >= 0.3 is 0 Å². The third-order valence-electron chi connectivity index (χ3n) is 2.63. The number of nitrogens with two attached hydrogens (primary N) is 1. The molecule has 5 nitrogen and oxygen atoms in total. The Kier molecular flexibility index (Phi) is 4.10. The molecule has 1 unspecified atom stereocenters. The number of hydrogen-bond acceptors (Lipinski definition) is 3. The molecule has 0 spiro atoms. The Morgan fingerprint density at radius 3 is 2.73 bits per heavy atom. The molecule has 0 aromatic rings. The third kappa shape index (κ3) is 2.92. The van der Waals surface area contributed by atoms with Crippen LogP contribution in [0, 0.1) is 5.41 Å². The van der Waals surface area contributed by atoms with Crippen LogP contribution in [0.25, 0.3) is 0 Å². The number of piperidine rings is 1. The van der Waals surface area contributed by atoms with Crippen molar-refractivity contribution in [3.63, 3.8) is 0 Å². The van der Waals surface area contributed by atoms with E-state index >= 15 is 0 Å². The normalized spacial score (nSPS) is 23.9. The number of nitrogens with zero attached hydrogens (tertiary/aromatic N) is 1. The van der Waals surface area contributed by atoms with E-state index in [1.54, 1.807) is 0 Å². The Morgan fingerprint density at radius 1 is 1.53 bits per heavy atom. The molecule has 6 heteroatoms. The summed E-state index contributed by atoms with van der Waals surface area (Å²) in [6.07, 6.45) is 3.09. The Balaban J connectivity index is 2.85. The second-order valence-corrected chi connectivity index (χ2v) is 5.93. The summed E-state index contributed by atoms with van der Waals surface area (Å²) in [4.78, 5) is 0. The van der Waals surface area contributed by atoms with E-state index in [9.17, 15) is 8.42 Å². The minimum Gasteiger partial charge on any atom is -0.386 e. The van der Waals surface area contributed by atoms with Crippen LogP contribution in [0.1, 0.15) is 32.6 Å². The molecule has 1 rings (SSSR count). The first kappa shape index (κ1) is 12.4. The average Bonchev–Trinajstić information content (AvgIpc) is 2.17. The summed E-state index contributed by atoms with van der Waals surface area (Å²) in [5, 5.41) is 7.40. The highest BCUT2D eigenvalue weighted by atomic mass is 32.2. The molecule has 0 aromatic carbocycles. The maximum absolute atomic E-state index is 11.9. The molecular formula is C9H19N3O2S. The summed E-state index contributed by atoms with van der Waals surface area (Å²) >= 11 is 0. The van der Waals surface area contributed by atoms with Crippen LogP contribution in [0.5, 0.6) is 0 Å². The Hall–Kier alpha value is -0.620. The molecule has 0 amide bonds. The van der Waals surface area contributed by atoms with Crippen molar-refractivity contribution >= 4 is 15.9 Å². The van der Waals surface area contributed by atoms with E-state index in [4.69, 9.17) is 11.1 Å². The van der Waals surface area contributed by atoms with Gasteiger partial charge in [-0.3, -0.25) is 5.41 Å². The van der Waals surface area contributed by atoms with Crippen LogP contribution in [-0.4, -0.2) is 36.9 Å². The predicted octanol–water partition coefficient (Wildman–Crippen LogP) is 0.517. The molecule has 0 bridgehead atoms. The number of amidine groups is 1. The lowest BCUT2D eigenvalue weighted by Gasteiger charge is -2.33. The van der Waals surface area contributed by atoms with Crippen LogP contribution in [0.4, 0.5) is 0 Å². The summed E-state index contributed by atoms with van der Waals surface area (Å²) in [7, 11) is -3.22. The lowest BCUT2D eigenvalue weighted by atomic mass is 10.0. The van der Waals surface area contributed by atoms with Gasteiger partial charge in [0.15, 0.2) is 0 Å². The second kappa shape index (κ2) is 4.94. The average molecular weight is 233 g/mol. The summed E-state index contributed by atoms with van der Waals surface area (Å²) in [6.45, 7) is 2.34. The zero-order valence-electron chi connectivity index (χ0n) is 9.07. The smallest absolute Gasteiger partial charge is 0.214 e. The molecule has 1 saturated heterocycles. The van der Waals surface area contributed by atoms with Crippen molar-refractivity contribution < 1.29 is 8.42 Å². The SMILES string of the molecule is CCCS(=O)(=O)N1CCCCC1C(=N)N. The van der Waals surface area contributed by atoms with Gasteiger partial charge in [-0.1, -0.05) is 13.3 Å². The topological polar surface area (TPSA) is 87.2 Å².